The summed E-state index contributed by atoms with van der Waals surface area (Å²) in [4.78, 5) is 14.5. The van der Waals surface area contributed by atoms with Crippen LogP contribution in [0.15, 0.2) is 27.6 Å². The summed E-state index contributed by atoms with van der Waals surface area (Å²) in [6, 6.07) is 4.27. The first kappa shape index (κ1) is 14.8. The minimum Gasteiger partial charge on any atom is -0.375 e. The van der Waals surface area contributed by atoms with E-state index in [0.717, 1.165) is 0 Å². The van der Waals surface area contributed by atoms with Crippen molar-refractivity contribution in [1.82, 2.24) is 9.78 Å². The third kappa shape index (κ3) is 3.11. The quantitative estimate of drug-likeness (QED) is 0.860. The number of terminal acetylenes is 1. The van der Waals surface area contributed by atoms with Crippen molar-refractivity contribution in [3.8, 4) is 12.3 Å². The largest absolute Gasteiger partial charge is 0.375 e. The molecular formula is C14H14BrN3OS. The Morgan fingerprint density at radius 3 is 2.95 bits per heavy atom. The Bertz CT molecular complexity index is 714. The second-order valence-corrected chi connectivity index (χ2v) is 6.47. The van der Waals surface area contributed by atoms with Crippen LogP contribution >= 0.6 is 27.3 Å². The molecule has 0 aliphatic carbocycles. The van der Waals surface area contributed by atoms with Crippen molar-refractivity contribution >= 4 is 33.0 Å². The van der Waals surface area contributed by atoms with E-state index >= 15 is 0 Å². The minimum atomic E-state index is -0.234. The number of nitrogens with one attached hydrogen (secondary N) is 1. The first-order valence-corrected chi connectivity index (χ1v) is 7.66. The summed E-state index contributed by atoms with van der Waals surface area (Å²) >= 11 is 5.03. The van der Waals surface area contributed by atoms with Gasteiger partial charge in [0.25, 0.3) is 5.56 Å². The molecule has 0 bridgehead atoms. The fourth-order valence-corrected chi connectivity index (χ4v) is 3.06. The van der Waals surface area contributed by atoms with Crippen molar-refractivity contribution in [2.45, 2.75) is 26.4 Å². The van der Waals surface area contributed by atoms with Gasteiger partial charge in [-0.05, 0) is 41.9 Å². The summed E-state index contributed by atoms with van der Waals surface area (Å²) < 4.78 is 1.69. The minimum absolute atomic E-state index is 0.106. The Balaban J connectivity index is 2.24. The molecule has 1 unspecified atom stereocenters. The molecule has 0 amide bonds. The molecular weight excluding hydrogens is 338 g/mol. The van der Waals surface area contributed by atoms with Gasteiger partial charge in [0.15, 0.2) is 0 Å². The number of aryl methyl sites for hydroxylation is 1. The fraction of sp³-hybridized carbons (Fsp3) is 0.286. The van der Waals surface area contributed by atoms with Gasteiger partial charge in [-0.1, -0.05) is 5.92 Å². The van der Waals surface area contributed by atoms with Crippen LogP contribution in [0.25, 0.3) is 0 Å². The van der Waals surface area contributed by atoms with Crippen molar-refractivity contribution in [1.29, 1.82) is 0 Å². The molecule has 0 radical (unpaired) electrons. The van der Waals surface area contributed by atoms with Crippen molar-refractivity contribution < 1.29 is 0 Å². The zero-order valence-corrected chi connectivity index (χ0v) is 13.6. The van der Waals surface area contributed by atoms with E-state index in [1.165, 1.54) is 14.4 Å². The van der Waals surface area contributed by atoms with E-state index in [1.54, 1.807) is 17.5 Å². The average molecular weight is 352 g/mol. The number of hydrogen-bond acceptors (Lipinski definition) is 4. The molecule has 0 aliphatic rings. The highest BCUT2D eigenvalue weighted by Gasteiger charge is 2.13. The standard InChI is InChI=1S/C14H14BrN3OS/c1-4-7-18-14(19)13(15)11(8-16-18)17-10(3)12-6-5-9(2)20-12/h1,5-6,8,10,17H,7H2,2-3H3. The van der Waals surface area contributed by atoms with Crippen LogP contribution in [0.5, 0.6) is 0 Å². The molecule has 0 aromatic carbocycles. The highest BCUT2D eigenvalue weighted by atomic mass is 79.9. The Labute approximate surface area is 130 Å². The van der Waals surface area contributed by atoms with Crippen LogP contribution in [0.1, 0.15) is 22.7 Å². The molecule has 104 valence electrons. The molecule has 2 heterocycles. The van der Waals surface area contributed by atoms with Gasteiger partial charge >= 0.3 is 0 Å². The third-order valence-electron chi connectivity index (χ3n) is 2.79. The van der Waals surface area contributed by atoms with Crippen LogP contribution in [0, 0.1) is 19.3 Å². The molecule has 2 aromatic rings. The topological polar surface area (TPSA) is 46.9 Å². The van der Waals surface area contributed by atoms with Gasteiger partial charge in [0.05, 0.1) is 17.9 Å². The molecule has 2 rings (SSSR count). The van der Waals surface area contributed by atoms with Crippen molar-refractivity contribution in [3.63, 3.8) is 0 Å². The van der Waals surface area contributed by atoms with Crippen molar-refractivity contribution in [2.24, 2.45) is 0 Å². The maximum absolute atomic E-state index is 12.0. The van der Waals surface area contributed by atoms with Gasteiger partial charge in [-0.3, -0.25) is 4.79 Å². The molecule has 0 aliphatic heterocycles. The summed E-state index contributed by atoms with van der Waals surface area (Å²) in [5.41, 5.74) is 0.435. The molecule has 0 fully saturated rings. The highest BCUT2D eigenvalue weighted by Crippen LogP contribution is 2.27. The van der Waals surface area contributed by atoms with Crippen LogP contribution in [-0.2, 0) is 6.54 Å². The van der Waals surface area contributed by atoms with E-state index < -0.39 is 0 Å². The molecule has 0 saturated heterocycles. The molecule has 20 heavy (non-hydrogen) atoms. The zero-order valence-electron chi connectivity index (χ0n) is 11.2. The Morgan fingerprint density at radius 1 is 1.60 bits per heavy atom. The molecule has 0 saturated carbocycles. The van der Waals surface area contributed by atoms with Gasteiger partial charge in [0.2, 0.25) is 0 Å². The third-order valence-corrected chi connectivity index (χ3v) is 4.74. The molecule has 2 aromatic heterocycles. The Morgan fingerprint density at radius 2 is 2.35 bits per heavy atom. The lowest BCUT2D eigenvalue weighted by atomic mass is 10.2. The van der Waals surface area contributed by atoms with E-state index in [-0.39, 0.29) is 18.1 Å². The first-order valence-electron chi connectivity index (χ1n) is 6.05. The molecule has 0 spiro atoms. The van der Waals surface area contributed by atoms with Gasteiger partial charge in [-0.2, -0.15) is 5.10 Å². The number of thiophene rings is 1. The highest BCUT2D eigenvalue weighted by molar-refractivity contribution is 9.10. The maximum Gasteiger partial charge on any atom is 0.284 e. The van der Waals surface area contributed by atoms with Crippen LogP contribution in [0.2, 0.25) is 0 Å². The van der Waals surface area contributed by atoms with Gasteiger partial charge in [0.1, 0.15) is 11.0 Å². The van der Waals surface area contributed by atoms with Crippen molar-refractivity contribution in [3.05, 3.63) is 42.9 Å². The van der Waals surface area contributed by atoms with Gasteiger partial charge < -0.3 is 5.32 Å². The number of hydrogen-bond donors (Lipinski definition) is 1. The van der Waals surface area contributed by atoms with Crippen molar-refractivity contribution in [2.75, 3.05) is 5.32 Å². The second kappa shape index (κ2) is 6.25. The molecule has 6 heteroatoms. The predicted octanol–water partition coefficient (Wildman–Crippen LogP) is 3.18. The maximum atomic E-state index is 12.0. The van der Waals surface area contributed by atoms with Crippen LogP contribution in [0.4, 0.5) is 5.69 Å². The number of nitrogens with zero attached hydrogens (tertiary/aromatic N) is 2. The van der Waals surface area contributed by atoms with E-state index in [4.69, 9.17) is 6.42 Å². The van der Waals surface area contributed by atoms with E-state index in [9.17, 15) is 4.79 Å². The fourth-order valence-electron chi connectivity index (χ4n) is 1.76. The number of anilines is 1. The van der Waals surface area contributed by atoms with Crippen LogP contribution < -0.4 is 10.9 Å². The average Bonchev–Trinajstić information content (AvgIpc) is 2.85. The SMILES string of the molecule is C#CCn1ncc(NC(C)c2ccc(C)s2)c(Br)c1=O. The smallest absolute Gasteiger partial charge is 0.284 e. The lowest BCUT2D eigenvalue weighted by molar-refractivity contribution is 0.658. The Hall–Kier alpha value is -1.58. The zero-order chi connectivity index (χ0) is 14.7. The van der Waals surface area contributed by atoms with Gasteiger partial charge in [-0.15, -0.1) is 17.8 Å². The van der Waals surface area contributed by atoms with E-state index in [2.05, 4.69) is 51.3 Å². The second-order valence-electron chi connectivity index (χ2n) is 4.35. The molecule has 1 N–H and O–H groups in total. The molecule has 4 nitrogen and oxygen atoms in total. The summed E-state index contributed by atoms with van der Waals surface area (Å²) in [7, 11) is 0. The number of halogens is 1. The summed E-state index contributed by atoms with van der Waals surface area (Å²) in [5.74, 6) is 2.40. The summed E-state index contributed by atoms with van der Waals surface area (Å²) in [6.07, 6.45) is 6.81. The monoisotopic (exact) mass is 351 g/mol. The summed E-state index contributed by atoms with van der Waals surface area (Å²) in [5, 5.41) is 7.34. The summed E-state index contributed by atoms with van der Waals surface area (Å²) in [6.45, 7) is 4.28. The predicted molar refractivity (Wildman–Crippen MR) is 86.1 cm³/mol. The van der Waals surface area contributed by atoms with Gasteiger partial charge in [0, 0.05) is 9.75 Å². The number of aromatic nitrogens is 2. The number of rotatable bonds is 4. The molecule has 1 atom stereocenters. The van der Waals surface area contributed by atoms with Crippen LogP contribution in [0.3, 0.4) is 0 Å². The van der Waals surface area contributed by atoms with Crippen LogP contribution in [-0.4, -0.2) is 9.78 Å². The van der Waals surface area contributed by atoms with E-state index in [1.807, 2.05) is 6.92 Å². The van der Waals surface area contributed by atoms with E-state index in [0.29, 0.717) is 10.2 Å². The van der Waals surface area contributed by atoms with Gasteiger partial charge in [-0.25, -0.2) is 4.68 Å². The lowest BCUT2D eigenvalue weighted by Crippen LogP contribution is -2.24. The first-order chi connectivity index (χ1) is 9.52. The Kier molecular flexibility index (Phi) is 4.63. The normalized spacial score (nSPS) is 11.9. The lowest BCUT2D eigenvalue weighted by Gasteiger charge is -2.15.